The molecule has 0 aliphatic heterocycles. The molecule has 284 valence electrons. The van der Waals surface area contributed by atoms with E-state index in [4.69, 9.17) is 63.3 Å². The summed E-state index contributed by atoms with van der Waals surface area (Å²) in [6.07, 6.45) is 13.9. The molecule has 0 aromatic rings. The molecule has 13 heteroatoms. The van der Waals surface area contributed by atoms with Crippen LogP contribution in [0.25, 0.3) is 0 Å². The summed E-state index contributed by atoms with van der Waals surface area (Å²) >= 11 is 0. The predicted octanol–water partition coefficient (Wildman–Crippen LogP) is 3.49. The first-order valence-corrected chi connectivity index (χ1v) is 17.8. The molecule has 48 heavy (non-hydrogen) atoms. The van der Waals surface area contributed by atoms with Crippen LogP contribution in [0.2, 0.25) is 0 Å². The number of carbonyl (C=O) groups excluding carboxylic acids is 1. The second kappa shape index (κ2) is 43.6. The number of carbonyl (C=O) groups is 1. The number of hydrogen-bond donors (Lipinski definition) is 0. The average molecular weight is 695 g/mol. The first-order chi connectivity index (χ1) is 23.8. The third-order valence-electron chi connectivity index (χ3n) is 6.38. The van der Waals surface area contributed by atoms with Gasteiger partial charge in [0.1, 0.15) is 13.2 Å². The highest BCUT2D eigenvalue weighted by Gasteiger charge is 2.03. The van der Waals surface area contributed by atoms with Crippen molar-refractivity contribution < 1.29 is 61.6 Å². The Labute approximate surface area is 290 Å². The van der Waals surface area contributed by atoms with Gasteiger partial charge in [0.25, 0.3) is 0 Å². The van der Waals surface area contributed by atoms with E-state index in [-0.39, 0.29) is 12.6 Å². The summed E-state index contributed by atoms with van der Waals surface area (Å²) < 4.78 is 64.7. The monoisotopic (exact) mass is 694 g/mol. The molecule has 0 aliphatic rings. The molecule has 0 spiro atoms. The maximum atomic E-state index is 11.7. The molecule has 0 bridgehead atoms. The van der Waals surface area contributed by atoms with Crippen molar-refractivity contribution in [2.75, 3.05) is 152 Å². The summed E-state index contributed by atoms with van der Waals surface area (Å²) in [7, 11) is 0. The fraction of sp³-hybridized carbons (Fsp3) is 0.914. The Bertz CT molecular complexity index is 663. The fourth-order valence-electron chi connectivity index (χ4n) is 3.84. The first kappa shape index (κ1) is 46.6. The van der Waals surface area contributed by atoms with E-state index in [9.17, 15) is 4.79 Å². The molecule has 0 aromatic carbocycles. The molecular formula is C35H66O13. The zero-order valence-electron chi connectivity index (χ0n) is 29.8. The summed E-state index contributed by atoms with van der Waals surface area (Å²) in [5.74, 6) is 2.26. The van der Waals surface area contributed by atoms with Gasteiger partial charge in [-0.15, -0.1) is 6.42 Å². The molecule has 0 N–H and O–H groups in total. The van der Waals surface area contributed by atoms with Crippen molar-refractivity contribution in [2.45, 2.75) is 58.3 Å². The van der Waals surface area contributed by atoms with E-state index in [0.29, 0.717) is 152 Å². The summed E-state index contributed by atoms with van der Waals surface area (Å²) in [5.41, 5.74) is 0. The van der Waals surface area contributed by atoms with E-state index in [1.807, 2.05) is 0 Å². The lowest BCUT2D eigenvalue weighted by Gasteiger charge is -2.09. The van der Waals surface area contributed by atoms with Gasteiger partial charge in [0.15, 0.2) is 0 Å². The average Bonchev–Trinajstić information content (AvgIpc) is 3.09. The van der Waals surface area contributed by atoms with Gasteiger partial charge in [-0.25, -0.2) is 0 Å². The van der Waals surface area contributed by atoms with Crippen LogP contribution in [0.3, 0.4) is 0 Å². The maximum Gasteiger partial charge on any atom is 0.305 e. The van der Waals surface area contributed by atoms with E-state index >= 15 is 0 Å². The van der Waals surface area contributed by atoms with E-state index in [1.54, 1.807) is 0 Å². The van der Waals surface area contributed by atoms with Crippen molar-refractivity contribution in [3.63, 3.8) is 0 Å². The van der Waals surface area contributed by atoms with Crippen LogP contribution in [-0.2, 0) is 61.6 Å². The van der Waals surface area contributed by atoms with Gasteiger partial charge in [0.05, 0.1) is 139 Å². The van der Waals surface area contributed by atoms with Gasteiger partial charge in [0, 0.05) is 6.42 Å². The molecule has 0 amide bonds. The molecule has 0 atom stereocenters. The van der Waals surface area contributed by atoms with Crippen LogP contribution in [0.15, 0.2) is 0 Å². The molecule has 0 rings (SSSR count). The highest BCUT2D eigenvalue weighted by molar-refractivity contribution is 5.69. The van der Waals surface area contributed by atoms with Crippen molar-refractivity contribution in [1.29, 1.82) is 0 Å². The van der Waals surface area contributed by atoms with Crippen LogP contribution in [0.1, 0.15) is 58.3 Å². The smallest absolute Gasteiger partial charge is 0.305 e. The van der Waals surface area contributed by atoms with Crippen molar-refractivity contribution in [2.24, 2.45) is 0 Å². The zero-order chi connectivity index (χ0) is 34.7. The summed E-state index contributed by atoms with van der Waals surface area (Å²) in [5, 5.41) is 0. The Morgan fingerprint density at radius 2 is 0.667 bits per heavy atom. The molecule has 0 radical (unpaired) electrons. The van der Waals surface area contributed by atoms with Crippen molar-refractivity contribution in [1.82, 2.24) is 0 Å². The summed E-state index contributed by atoms with van der Waals surface area (Å²) in [6, 6.07) is 0. The van der Waals surface area contributed by atoms with Crippen LogP contribution in [0.4, 0.5) is 0 Å². The molecule has 0 aromatic heterocycles. The number of unbranched alkanes of at least 4 members (excludes halogenated alkanes) is 6. The van der Waals surface area contributed by atoms with Gasteiger partial charge in [-0.2, -0.15) is 0 Å². The van der Waals surface area contributed by atoms with Gasteiger partial charge >= 0.3 is 5.97 Å². The lowest BCUT2D eigenvalue weighted by molar-refractivity contribution is -0.145. The standard InChI is InChI=1S/C35H66O13/c1-3-5-6-7-8-9-10-11-35(36)48-34-33-47-32-31-46-30-29-45-28-27-44-26-25-43-24-23-42-22-21-41-20-19-40-18-17-39-16-15-38-14-13-37-12-4-2/h2H,3,5-34H2,1H3. The summed E-state index contributed by atoms with van der Waals surface area (Å²) in [6.45, 7) is 13.1. The lowest BCUT2D eigenvalue weighted by Crippen LogP contribution is -2.15. The van der Waals surface area contributed by atoms with E-state index in [2.05, 4.69) is 12.8 Å². The van der Waals surface area contributed by atoms with Gasteiger partial charge in [-0.1, -0.05) is 51.4 Å². The Balaban J connectivity index is 3.10. The molecular weight excluding hydrogens is 628 g/mol. The Hall–Kier alpha value is -1.41. The molecule has 0 saturated carbocycles. The highest BCUT2D eigenvalue weighted by Crippen LogP contribution is 2.08. The van der Waals surface area contributed by atoms with Crippen LogP contribution in [0, 0.1) is 12.3 Å². The Kier molecular flexibility index (Phi) is 42.3. The number of rotatable bonds is 42. The second-order valence-electron chi connectivity index (χ2n) is 10.5. The van der Waals surface area contributed by atoms with Gasteiger partial charge in [-0.3, -0.25) is 4.79 Å². The van der Waals surface area contributed by atoms with E-state index < -0.39 is 0 Å². The van der Waals surface area contributed by atoms with Gasteiger partial charge in [-0.05, 0) is 6.42 Å². The van der Waals surface area contributed by atoms with Gasteiger partial charge < -0.3 is 56.8 Å². The molecule has 0 heterocycles. The first-order valence-electron chi connectivity index (χ1n) is 17.8. The number of ether oxygens (including phenoxy) is 12. The minimum Gasteiger partial charge on any atom is -0.463 e. The maximum absolute atomic E-state index is 11.7. The van der Waals surface area contributed by atoms with Crippen molar-refractivity contribution >= 4 is 5.97 Å². The highest BCUT2D eigenvalue weighted by atomic mass is 16.6. The minimum absolute atomic E-state index is 0.142. The fourth-order valence-corrected chi connectivity index (χ4v) is 3.84. The number of esters is 1. The largest absolute Gasteiger partial charge is 0.463 e. The summed E-state index contributed by atoms with van der Waals surface area (Å²) in [4.78, 5) is 11.7. The molecule has 0 unspecified atom stereocenters. The molecule has 0 saturated heterocycles. The molecule has 0 fully saturated rings. The number of terminal acetylenes is 1. The molecule has 13 nitrogen and oxygen atoms in total. The topological polar surface area (TPSA) is 128 Å². The zero-order valence-corrected chi connectivity index (χ0v) is 29.8. The van der Waals surface area contributed by atoms with Crippen molar-refractivity contribution in [3.05, 3.63) is 0 Å². The predicted molar refractivity (Wildman–Crippen MR) is 181 cm³/mol. The SMILES string of the molecule is C#CCOCCOCCOCCOCCOCCOCCOCCOCCOCCOCCOCCOC(=O)CCCCCCCCC. The van der Waals surface area contributed by atoms with E-state index in [0.717, 1.165) is 12.8 Å². The third-order valence-corrected chi connectivity index (χ3v) is 6.38. The Morgan fingerprint density at radius 3 is 0.979 bits per heavy atom. The van der Waals surface area contributed by atoms with Crippen molar-refractivity contribution in [3.8, 4) is 12.3 Å². The van der Waals surface area contributed by atoms with Crippen LogP contribution in [0.5, 0.6) is 0 Å². The third kappa shape index (κ3) is 42.6. The quantitative estimate of drug-likeness (QED) is 0.0526. The van der Waals surface area contributed by atoms with Crippen LogP contribution < -0.4 is 0 Å². The number of hydrogen-bond acceptors (Lipinski definition) is 13. The second-order valence-corrected chi connectivity index (χ2v) is 10.5. The Morgan fingerprint density at radius 1 is 0.396 bits per heavy atom. The van der Waals surface area contributed by atoms with Crippen LogP contribution >= 0.6 is 0 Å². The van der Waals surface area contributed by atoms with E-state index in [1.165, 1.54) is 32.1 Å². The van der Waals surface area contributed by atoms with Crippen LogP contribution in [-0.4, -0.2) is 158 Å². The van der Waals surface area contributed by atoms with Gasteiger partial charge in [0.2, 0.25) is 0 Å². The molecule has 0 aliphatic carbocycles. The normalized spacial score (nSPS) is 11.2. The minimum atomic E-state index is -0.142. The lowest BCUT2D eigenvalue weighted by atomic mass is 10.1.